The number of ether oxygens (including phenoxy) is 3. The fourth-order valence-electron chi connectivity index (χ4n) is 2.96. The predicted molar refractivity (Wildman–Crippen MR) is 118 cm³/mol. The number of unbranched alkanes of at least 4 members (excludes halogenated alkanes) is 1. The second-order valence-corrected chi connectivity index (χ2v) is 7.15. The van der Waals surface area contributed by atoms with Gasteiger partial charge in [0.05, 0.1) is 7.11 Å². The lowest BCUT2D eigenvalue weighted by Crippen LogP contribution is -2.52. The van der Waals surface area contributed by atoms with E-state index in [2.05, 4.69) is 5.32 Å². The van der Waals surface area contributed by atoms with E-state index in [0.29, 0.717) is 25.8 Å². The van der Waals surface area contributed by atoms with Crippen molar-refractivity contribution < 1.29 is 28.6 Å². The van der Waals surface area contributed by atoms with Crippen LogP contribution >= 0.6 is 0 Å². The highest BCUT2D eigenvalue weighted by atomic mass is 16.6. The Kier molecular flexibility index (Phi) is 10.9. The van der Waals surface area contributed by atoms with Crippen LogP contribution in [0.15, 0.2) is 60.7 Å². The SMILES string of the molecule is COC(=O)C(CCCCN)NC(C(=O)OCc1ccccc1)C(=O)OCc1ccccc1. The fourth-order valence-corrected chi connectivity index (χ4v) is 2.96. The van der Waals surface area contributed by atoms with Gasteiger partial charge < -0.3 is 19.9 Å². The molecule has 8 nitrogen and oxygen atoms in total. The van der Waals surface area contributed by atoms with Gasteiger partial charge in [-0.05, 0) is 30.5 Å². The summed E-state index contributed by atoms with van der Waals surface area (Å²) in [5.41, 5.74) is 7.06. The molecule has 0 aliphatic heterocycles. The number of carbonyl (C=O) groups is 3. The molecule has 8 heteroatoms. The molecule has 0 aliphatic rings. The average Bonchev–Trinajstić information content (AvgIpc) is 2.84. The van der Waals surface area contributed by atoms with Crippen molar-refractivity contribution in [1.82, 2.24) is 5.32 Å². The Morgan fingerprint density at radius 1 is 0.812 bits per heavy atom. The minimum absolute atomic E-state index is 0.0140. The highest BCUT2D eigenvalue weighted by Gasteiger charge is 2.34. The summed E-state index contributed by atoms with van der Waals surface area (Å²) in [4.78, 5) is 37.8. The van der Waals surface area contributed by atoms with Crippen LogP contribution in [-0.2, 0) is 41.8 Å². The number of benzene rings is 2. The van der Waals surface area contributed by atoms with Crippen molar-refractivity contribution in [2.75, 3.05) is 13.7 Å². The van der Waals surface area contributed by atoms with E-state index in [0.717, 1.165) is 11.1 Å². The first kappa shape index (κ1) is 25.0. The molecule has 2 aromatic rings. The zero-order chi connectivity index (χ0) is 23.2. The van der Waals surface area contributed by atoms with Gasteiger partial charge in [0.1, 0.15) is 19.3 Å². The Morgan fingerprint density at radius 3 is 1.75 bits per heavy atom. The van der Waals surface area contributed by atoms with E-state index in [4.69, 9.17) is 19.9 Å². The first-order valence-electron chi connectivity index (χ1n) is 10.5. The quantitative estimate of drug-likeness (QED) is 0.210. The number of hydrogen-bond acceptors (Lipinski definition) is 8. The smallest absolute Gasteiger partial charge is 0.335 e. The summed E-state index contributed by atoms with van der Waals surface area (Å²) >= 11 is 0. The van der Waals surface area contributed by atoms with Crippen LogP contribution in [-0.4, -0.2) is 43.6 Å². The Balaban J connectivity index is 2.10. The predicted octanol–water partition coefficient (Wildman–Crippen LogP) is 2.10. The second kappa shape index (κ2) is 14.0. The number of rotatable bonds is 13. The molecule has 172 valence electrons. The van der Waals surface area contributed by atoms with E-state index in [1.165, 1.54) is 7.11 Å². The zero-order valence-electron chi connectivity index (χ0n) is 18.2. The van der Waals surface area contributed by atoms with Gasteiger partial charge in [-0.1, -0.05) is 67.1 Å². The van der Waals surface area contributed by atoms with Gasteiger partial charge >= 0.3 is 17.9 Å². The third kappa shape index (κ3) is 8.49. The molecular weight excluding hydrogens is 412 g/mol. The highest BCUT2D eigenvalue weighted by molar-refractivity contribution is 5.99. The molecule has 2 rings (SSSR count). The number of hydrogen-bond donors (Lipinski definition) is 2. The lowest BCUT2D eigenvalue weighted by atomic mass is 10.1. The molecular formula is C24H30N2O6. The first-order valence-corrected chi connectivity index (χ1v) is 10.5. The van der Waals surface area contributed by atoms with Crippen LogP contribution in [0.25, 0.3) is 0 Å². The molecule has 32 heavy (non-hydrogen) atoms. The largest absolute Gasteiger partial charge is 0.468 e. The fraction of sp³-hybridized carbons (Fsp3) is 0.375. The summed E-state index contributed by atoms with van der Waals surface area (Å²) in [6.45, 7) is 0.440. The van der Waals surface area contributed by atoms with E-state index in [1.807, 2.05) is 36.4 Å². The number of carbonyl (C=O) groups excluding carboxylic acids is 3. The molecule has 0 fully saturated rings. The number of nitrogens with one attached hydrogen (secondary N) is 1. The summed E-state index contributed by atoms with van der Waals surface area (Å²) in [7, 11) is 1.25. The minimum Gasteiger partial charge on any atom is -0.468 e. The lowest BCUT2D eigenvalue weighted by Gasteiger charge is -2.22. The van der Waals surface area contributed by atoms with Gasteiger partial charge in [-0.15, -0.1) is 0 Å². The van der Waals surface area contributed by atoms with Gasteiger partial charge in [-0.2, -0.15) is 0 Å². The molecule has 1 unspecified atom stereocenters. The van der Waals surface area contributed by atoms with Gasteiger partial charge in [0.25, 0.3) is 0 Å². The van der Waals surface area contributed by atoms with Crippen molar-refractivity contribution in [3.8, 4) is 0 Å². The molecule has 0 saturated carbocycles. The zero-order valence-corrected chi connectivity index (χ0v) is 18.2. The molecule has 0 spiro atoms. The number of esters is 3. The minimum atomic E-state index is -1.48. The molecule has 0 aromatic heterocycles. The van der Waals surface area contributed by atoms with Crippen LogP contribution in [0.2, 0.25) is 0 Å². The Labute approximate surface area is 188 Å². The molecule has 1 atom stereocenters. The molecule has 0 aliphatic carbocycles. The van der Waals surface area contributed by atoms with Crippen molar-refractivity contribution in [2.45, 2.75) is 44.6 Å². The summed E-state index contributed by atoms with van der Waals surface area (Å²) < 4.78 is 15.5. The maximum absolute atomic E-state index is 12.8. The van der Waals surface area contributed by atoms with Crippen LogP contribution in [0.1, 0.15) is 30.4 Å². The lowest BCUT2D eigenvalue weighted by molar-refractivity contribution is -0.161. The maximum atomic E-state index is 12.8. The third-order valence-corrected chi connectivity index (χ3v) is 4.72. The molecule has 0 amide bonds. The van der Waals surface area contributed by atoms with Crippen molar-refractivity contribution >= 4 is 17.9 Å². The van der Waals surface area contributed by atoms with E-state index in [-0.39, 0.29) is 13.2 Å². The molecule has 0 bridgehead atoms. The molecule has 3 N–H and O–H groups in total. The highest BCUT2D eigenvalue weighted by Crippen LogP contribution is 2.09. The summed E-state index contributed by atoms with van der Waals surface area (Å²) in [6.07, 6.45) is 1.66. The van der Waals surface area contributed by atoms with Crippen molar-refractivity contribution in [2.24, 2.45) is 5.73 Å². The molecule has 0 radical (unpaired) electrons. The van der Waals surface area contributed by atoms with Crippen LogP contribution in [0, 0.1) is 0 Å². The summed E-state index contributed by atoms with van der Waals surface area (Å²) in [5.74, 6) is -2.25. The molecule has 2 aromatic carbocycles. The van der Waals surface area contributed by atoms with Gasteiger partial charge in [-0.3, -0.25) is 10.1 Å². The van der Waals surface area contributed by atoms with E-state index in [1.54, 1.807) is 24.3 Å². The Morgan fingerprint density at radius 2 is 1.31 bits per heavy atom. The van der Waals surface area contributed by atoms with Crippen molar-refractivity contribution in [3.63, 3.8) is 0 Å². The monoisotopic (exact) mass is 442 g/mol. The van der Waals surface area contributed by atoms with Crippen molar-refractivity contribution in [3.05, 3.63) is 71.8 Å². The van der Waals surface area contributed by atoms with Gasteiger partial charge in [0.15, 0.2) is 0 Å². The second-order valence-electron chi connectivity index (χ2n) is 7.15. The van der Waals surface area contributed by atoms with Crippen molar-refractivity contribution in [1.29, 1.82) is 0 Å². The first-order chi connectivity index (χ1) is 15.5. The summed E-state index contributed by atoms with van der Waals surface area (Å²) in [5, 5.41) is 2.77. The molecule has 0 saturated heterocycles. The maximum Gasteiger partial charge on any atom is 0.335 e. The van der Waals surface area contributed by atoms with E-state index < -0.39 is 30.0 Å². The average molecular weight is 443 g/mol. The summed E-state index contributed by atoms with van der Waals surface area (Å²) in [6, 6.07) is 15.8. The standard InChI is InChI=1S/C24H30N2O6/c1-30-22(27)20(14-8-9-15-25)26-21(23(28)31-16-18-10-4-2-5-11-18)24(29)32-17-19-12-6-3-7-13-19/h2-7,10-13,20-21,26H,8-9,14-17,25H2,1H3. The number of methoxy groups -OCH3 is 1. The van der Waals surface area contributed by atoms with Crippen LogP contribution in [0.5, 0.6) is 0 Å². The van der Waals surface area contributed by atoms with Gasteiger partial charge in [-0.25, -0.2) is 9.59 Å². The third-order valence-electron chi connectivity index (χ3n) is 4.72. The number of nitrogens with two attached hydrogens (primary N) is 1. The van der Waals surface area contributed by atoms with Crippen LogP contribution in [0.3, 0.4) is 0 Å². The Bertz CT molecular complexity index is 789. The molecule has 0 heterocycles. The van der Waals surface area contributed by atoms with E-state index in [9.17, 15) is 14.4 Å². The van der Waals surface area contributed by atoms with Gasteiger partial charge in [0.2, 0.25) is 6.04 Å². The van der Waals surface area contributed by atoms with E-state index >= 15 is 0 Å². The van der Waals surface area contributed by atoms with Crippen LogP contribution < -0.4 is 11.1 Å². The topological polar surface area (TPSA) is 117 Å². The van der Waals surface area contributed by atoms with Crippen LogP contribution in [0.4, 0.5) is 0 Å². The van der Waals surface area contributed by atoms with Gasteiger partial charge in [0, 0.05) is 0 Å². The normalized spacial score (nSPS) is 11.6. The Hall–Kier alpha value is -3.23.